The number of alkyl carbamates (subject to hydrolysis) is 1. The van der Waals surface area contributed by atoms with Crippen LogP contribution in [0.3, 0.4) is 0 Å². The van der Waals surface area contributed by atoms with Gasteiger partial charge in [-0.1, -0.05) is 0 Å². The summed E-state index contributed by atoms with van der Waals surface area (Å²) in [7, 11) is 0. The number of hydrogen-bond donors (Lipinski definition) is 2. The fraction of sp³-hybridized carbons (Fsp3) is 0.577. The second kappa shape index (κ2) is 12.0. The van der Waals surface area contributed by atoms with Gasteiger partial charge in [0.2, 0.25) is 5.91 Å². The number of β-lactam (4-membered cyclic amide) rings is 1. The molecule has 0 aliphatic carbocycles. The van der Waals surface area contributed by atoms with Crippen molar-refractivity contribution in [3.63, 3.8) is 0 Å². The number of carbonyl (C=O) groups excluding carboxylic acids is 5. The van der Waals surface area contributed by atoms with Crippen molar-refractivity contribution in [3.8, 4) is 0 Å². The summed E-state index contributed by atoms with van der Waals surface area (Å²) < 4.78 is 15.8. The summed E-state index contributed by atoms with van der Waals surface area (Å²) in [6.45, 7) is 11.9. The molecule has 0 spiro atoms. The van der Waals surface area contributed by atoms with Crippen LogP contribution < -0.4 is 10.6 Å². The van der Waals surface area contributed by atoms with Crippen molar-refractivity contribution in [2.75, 3.05) is 12.4 Å². The zero-order chi connectivity index (χ0) is 29.1. The molecule has 0 unspecified atom stereocenters. The lowest BCUT2D eigenvalue weighted by atomic mass is 10.0. The van der Waals surface area contributed by atoms with Gasteiger partial charge in [-0.2, -0.15) is 0 Å². The van der Waals surface area contributed by atoms with E-state index in [0.717, 1.165) is 9.75 Å². The molecule has 1 aromatic heterocycles. The summed E-state index contributed by atoms with van der Waals surface area (Å²) in [6.07, 6.45) is -0.464. The lowest BCUT2D eigenvalue weighted by Crippen LogP contribution is -2.70. The van der Waals surface area contributed by atoms with Gasteiger partial charge in [-0.05, 0) is 53.7 Å². The molecule has 0 radical (unpaired) electrons. The number of amides is 3. The molecule has 1 saturated heterocycles. The average molecular weight is 582 g/mol. The number of nitrogens with zero attached hydrogens (tertiary/aromatic N) is 1. The lowest BCUT2D eigenvalue weighted by molar-refractivity contribution is -0.159. The van der Waals surface area contributed by atoms with Crippen LogP contribution >= 0.6 is 23.1 Å². The van der Waals surface area contributed by atoms with E-state index in [2.05, 4.69) is 10.6 Å². The first kappa shape index (κ1) is 30.5. The Morgan fingerprint density at radius 3 is 2.28 bits per heavy atom. The molecular weight excluding hydrogens is 546 g/mol. The third-order valence-corrected chi connectivity index (χ3v) is 7.69. The number of thioether (sulfide) groups is 1. The Bertz CT molecular complexity index is 1180. The van der Waals surface area contributed by atoms with E-state index in [0.29, 0.717) is 11.3 Å². The minimum absolute atomic E-state index is 0.0603. The SMILES string of the molecule is CC(=O)OCC1=C(C(=O)OC(C)(C)C)N2C(=O)[C@@H](NC(=O)Cc3ccc(CNC(=O)OC(C)(C)C)s3)[C@@H]2SC1. The zero-order valence-corrected chi connectivity index (χ0v) is 24.8. The monoisotopic (exact) mass is 581 g/mol. The van der Waals surface area contributed by atoms with E-state index in [1.54, 1.807) is 47.6 Å². The van der Waals surface area contributed by atoms with Gasteiger partial charge in [0.15, 0.2) is 0 Å². The molecule has 2 aliphatic rings. The first-order valence-electron chi connectivity index (χ1n) is 12.4. The van der Waals surface area contributed by atoms with E-state index >= 15 is 0 Å². The minimum Gasteiger partial charge on any atom is -0.461 e. The summed E-state index contributed by atoms with van der Waals surface area (Å²) in [4.78, 5) is 65.0. The maximum absolute atomic E-state index is 13.1. The predicted octanol–water partition coefficient (Wildman–Crippen LogP) is 2.87. The topological polar surface area (TPSA) is 140 Å². The third kappa shape index (κ3) is 8.46. The van der Waals surface area contributed by atoms with Crippen LogP contribution in [0, 0.1) is 0 Å². The fourth-order valence-corrected chi connectivity index (χ4v) is 6.05. The molecule has 0 saturated carbocycles. The Morgan fingerprint density at radius 1 is 1.03 bits per heavy atom. The predicted molar refractivity (Wildman–Crippen MR) is 146 cm³/mol. The van der Waals surface area contributed by atoms with Gasteiger partial charge in [0.1, 0.15) is 34.9 Å². The molecule has 1 fully saturated rings. The molecule has 3 amide bonds. The Labute approximate surface area is 236 Å². The molecule has 13 heteroatoms. The Balaban J connectivity index is 1.61. The van der Waals surface area contributed by atoms with Gasteiger partial charge in [0.25, 0.3) is 5.91 Å². The second-order valence-electron chi connectivity index (χ2n) is 11.1. The summed E-state index contributed by atoms with van der Waals surface area (Å²) in [5.41, 5.74) is -0.850. The van der Waals surface area contributed by atoms with E-state index in [-0.39, 0.29) is 31.2 Å². The van der Waals surface area contributed by atoms with Gasteiger partial charge < -0.3 is 24.8 Å². The van der Waals surface area contributed by atoms with Gasteiger partial charge in [-0.15, -0.1) is 23.1 Å². The number of ether oxygens (including phenoxy) is 3. The van der Waals surface area contributed by atoms with E-state index in [1.807, 2.05) is 6.07 Å². The molecule has 0 aromatic carbocycles. The van der Waals surface area contributed by atoms with Crippen molar-refractivity contribution in [1.29, 1.82) is 0 Å². The number of carbonyl (C=O) groups is 5. The summed E-state index contributed by atoms with van der Waals surface area (Å²) >= 11 is 2.75. The molecule has 0 bridgehead atoms. The van der Waals surface area contributed by atoms with Crippen molar-refractivity contribution in [3.05, 3.63) is 33.2 Å². The number of nitrogens with one attached hydrogen (secondary N) is 2. The fourth-order valence-electron chi connectivity index (χ4n) is 3.77. The third-order valence-electron chi connectivity index (χ3n) is 5.26. The van der Waals surface area contributed by atoms with Crippen molar-refractivity contribution in [2.24, 2.45) is 0 Å². The van der Waals surface area contributed by atoms with Gasteiger partial charge in [-0.25, -0.2) is 9.59 Å². The van der Waals surface area contributed by atoms with Crippen molar-refractivity contribution < 1.29 is 38.2 Å². The van der Waals surface area contributed by atoms with Crippen molar-refractivity contribution in [1.82, 2.24) is 15.5 Å². The van der Waals surface area contributed by atoms with Crippen molar-refractivity contribution >= 4 is 52.9 Å². The first-order chi connectivity index (χ1) is 18.0. The van der Waals surface area contributed by atoms with Gasteiger partial charge in [-0.3, -0.25) is 19.3 Å². The molecule has 2 N–H and O–H groups in total. The molecular formula is C26H35N3O8S2. The van der Waals surface area contributed by atoms with Crippen LogP contribution in [0.25, 0.3) is 0 Å². The number of esters is 2. The quantitative estimate of drug-likeness (QED) is 0.269. The molecule has 2 atom stereocenters. The van der Waals surface area contributed by atoms with Crippen LogP contribution in [0.2, 0.25) is 0 Å². The summed E-state index contributed by atoms with van der Waals surface area (Å²) in [6, 6.07) is 2.81. The standard InChI is InChI=1S/C26H35N3O8S2/c1-14(30)35-12-15-13-38-22-19(21(32)29(22)20(15)23(33)36-25(2,3)4)28-18(31)10-16-8-9-17(39-16)11-27-24(34)37-26(5,6)7/h8-9,19,22H,10-13H2,1-7H3,(H,27,34)(H,28,31)/t19-,22+/m1/s1. The molecule has 1 aromatic rings. The van der Waals surface area contributed by atoms with Gasteiger partial charge >= 0.3 is 18.0 Å². The van der Waals surface area contributed by atoms with E-state index in [1.165, 1.54) is 34.9 Å². The van der Waals surface area contributed by atoms with Crippen LogP contribution in [0.1, 0.15) is 58.2 Å². The normalized spacial score (nSPS) is 19.1. The Morgan fingerprint density at radius 2 is 1.67 bits per heavy atom. The highest BCUT2D eigenvalue weighted by atomic mass is 32.2. The van der Waals surface area contributed by atoms with Crippen LogP contribution in [0.4, 0.5) is 4.79 Å². The Kier molecular flexibility index (Phi) is 9.37. The molecule has 3 heterocycles. The van der Waals surface area contributed by atoms with Gasteiger partial charge in [0.05, 0.1) is 13.0 Å². The second-order valence-corrected chi connectivity index (χ2v) is 13.4. The van der Waals surface area contributed by atoms with E-state index in [4.69, 9.17) is 14.2 Å². The molecule has 3 rings (SSSR count). The smallest absolute Gasteiger partial charge is 0.407 e. The summed E-state index contributed by atoms with van der Waals surface area (Å²) in [5.74, 6) is -1.62. The average Bonchev–Trinajstić information content (AvgIpc) is 3.24. The number of fused-ring (bicyclic) bond motifs is 1. The molecule has 214 valence electrons. The largest absolute Gasteiger partial charge is 0.461 e. The van der Waals surface area contributed by atoms with Crippen LogP contribution in [0.15, 0.2) is 23.4 Å². The van der Waals surface area contributed by atoms with E-state index < -0.39 is 46.6 Å². The maximum atomic E-state index is 13.1. The van der Waals surface area contributed by atoms with Crippen LogP contribution in [0.5, 0.6) is 0 Å². The highest BCUT2D eigenvalue weighted by molar-refractivity contribution is 8.00. The first-order valence-corrected chi connectivity index (χ1v) is 14.3. The zero-order valence-electron chi connectivity index (χ0n) is 23.2. The van der Waals surface area contributed by atoms with Crippen LogP contribution in [-0.2, 0) is 46.4 Å². The molecule has 2 aliphatic heterocycles. The Hall–Kier alpha value is -3.06. The minimum atomic E-state index is -0.802. The van der Waals surface area contributed by atoms with E-state index in [9.17, 15) is 24.0 Å². The number of hydrogen-bond acceptors (Lipinski definition) is 10. The lowest BCUT2D eigenvalue weighted by Gasteiger charge is -2.49. The number of thiophene rings is 1. The molecule has 11 nitrogen and oxygen atoms in total. The number of rotatable bonds is 8. The highest BCUT2D eigenvalue weighted by Crippen LogP contribution is 2.41. The van der Waals surface area contributed by atoms with Crippen LogP contribution in [-0.4, -0.2) is 69.7 Å². The highest BCUT2D eigenvalue weighted by Gasteiger charge is 2.54. The van der Waals surface area contributed by atoms with Crippen molar-refractivity contribution in [2.45, 2.75) is 84.0 Å². The maximum Gasteiger partial charge on any atom is 0.407 e. The van der Waals surface area contributed by atoms with Gasteiger partial charge in [0, 0.05) is 28.0 Å². The molecule has 39 heavy (non-hydrogen) atoms. The summed E-state index contributed by atoms with van der Waals surface area (Å²) in [5, 5.41) is 4.97.